The van der Waals surface area contributed by atoms with Gasteiger partial charge in [0.1, 0.15) is 5.75 Å². The number of rotatable bonds is 3. The van der Waals surface area contributed by atoms with E-state index in [9.17, 15) is 9.59 Å². The number of nitrogens with zero attached hydrogens (tertiary/aromatic N) is 2. The Hall–Kier alpha value is -2.08. The van der Waals surface area contributed by atoms with Gasteiger partial charge in [0.15, 0.2) is 6.10 Å². The number of benzene rings is 1. The van der Waals surface area contributed by atoms with Gasteiger partial charge in [-0.3, -0.25) is 9.59 Å². The Kier molecular flexibility index (Phi) is 4.02. The molecule has 0 bridgehead atoms. The molecule has 22 heavy (non-hydrogen) atoms. The summed E-state index contributed by atoms with van der Waals surface area (Å²) in [4.78, 5) is 28.0. The van der Waals surface area contributed by atoms with E-state index in [1.165, 1.54) is 0 Å². The van der Waals surface area contributed by atoms with Crippen LogP contribution in [-0.4, -0.2) is 48.5 Å². The third kappa shape index (κ3) is 2.78. The minimum atomic E-state index is -0.523. The number of carbonyl (C=O) groups excluding carboxylic acids is 2. The molecule has 1 aromatic rings. The van der Waals surface area contributed by atoms with E-state index >= 15 is 0 Å². The molecular formula is C16H21N3O3. The second-order valence-electron chi connectivity index (χ2n) is 5.86. The van der Waals surface area contributed by atoms with Gasteiger partial charge in [-0.25, -0.2) is 0 Å². The second-order valence-corrected chi connectivity index (χ2v) is 5.86. The number of fused-ring (bicyclic) bond motifs is 1. The zero-order chi connectivity index (χ0) is 15.7. The van der Waals surface area contributed by atoms with Gasteiger partial charge in [-0.15, -0.1) is 0 Å². The van der Waals surface area contributed by atoms with Crippen LogP contribution in [0.15, 0.2) is 24.3 Å². The van der Waals surface area contributed by atoms with E-state index in [0.717, 1.165) is 12.1 Å². The van der Waals surface area contributed by atoms with Crippen LogP contribution in [0.5, 0.6) is 5.75 Å². The number of hydrogen-bond acceptors (Lipinski definition) is 4. The highest BCUT2D eigenvalue weighted by molar-refractivity contribution is 6.00. The van der Waals surface area contributed by atoms with Crippen molar-refractivity contribution in [1.29, 1.82) is 0 Å². The summed E-state index contributed by atoms with van der Waals surface area (Å²) >= 11 is 0. The molecule has 118 valence electrons. The molecule has 6 heteroatoms. The molecule has 1 fully saturated rings. The van der Waals surface area contributed by atoms with E-state index in [0.29, 0.717) is 31.8 Å². The molecule has 0 aromatic heterocycles. The maximum Gasteiger partial charge on any atom is 0.267 e. The first-order valence-electron chi connectivity index (χ1n) is 7.66. The molecule has 2 heterocycles. The summed E-state index contributed by atoms with van der Waals surface area (Å²) in [5.74, 6) is 0.632. The fourth-order valence-corrected chi connectivity index (χ4v) is 2.97. The van der Waals surface area contributed by atoms with Gasteiger partial charge < -0.3 is 20.3 Å². The van der Waals surface area contributed by atoms with Gasteiger partial charge in [0, 0.05) is 32.1 Å². The van der Waals surface area contributed by atoms with Gasteiger partial charge >= 0.3 is 0 Å². The number of para-hydroxylation sites is 2. The number of carbonyl (C=O) groups is 2. The van der Waals surface area contributed by atoms with Crippen molar-refractivity contribution < 1.29 is 14.3 Å². The summed E-state index contributed by atoms with van der Waals surface area (Å²) in [7, 11) is 0. The SMILES string of the molecule is CC1Oc2ccccc2N(CCC(=O)N2CC[C@@H](N)C2)C1=O. The minimum absolute atomic E-state index is 0.0531. The average molecular weight is 303 g/mol. The Morgan fingerprint density at radius 2 is 2.18 bits per heavy atom. The van der Waals surface area contributed by atoms with Gasteiger partial charge in [-0.2, -0.15) is 0 Å². The molecule has 2 aliphatic heterocycles. The molecule has 2 N–H and O–H groups in total. The normalized spacial score (nSPS) is 24.2. The lowest BCUT2D eigenvalue weighted by Crippen LogP contribution is -2.46. The van der Waals surface area contributed by atoms with E-state index in [-0.39, 0.29) is 17.9 Å². The summed E-state index contributed by atoms with van der Waals surface area (Å²) < 4.78 is 5.59. The van der Waals surface area contributed by atoms with Crippen LogP contribution in [0.4, 0.5) is 5.69 Å². The Morgan fingerprint density at radius 3 is 2.91 bits per heavy atom. The van der Waals surface area contributed by atoms with Crippen molar-refractivity contribution in [3.8, 4) is 5.75 Å². The molecule has 0 spiro atoms. The largest absolute Gasteiger partial charge is 0.479 e. The highest BCUT2D eigenvalue weighted by Crippen LogP contribution is 2.33. The number of hydrogen-bond donors (Lipinski definition) is 1. The zero-order valence-electron chi connectivity index (χ0n) is 12.7. The quantitative estimate of drug-likeness (QED) is 0.894. The number of likely N-dealkylation sites (tertiary alicyclic amines) is 1. The third-order valence-corrected chi connectivity index (χ3v) is 4.20. The van der Waals surface area contributed by atoms with Crippen LogP contribution in [0.25, 0.3) is 0 Å². The Balaban J connectivity index is 1.69. The standard InChI is InChI=1S/C16H21N3O3/c1-11-16(21)19(13-4-2-3-5-14(13)22-11)9-7-15(20)18-8-6-12(17)10-18/h2-5,11-12H,6-10,17H2,1H3/t11?,12-/m1/s1. The summed E-state index contributed by atoms with van der Waals surface area (Å²) in [6.45, 7) is 3.42. The van der Waals surface area contributed by atoms with E-state index in [1.54, 1.807) is 16.7 Å². The molecule has 0 aliphatic carbocycles. The lowest BCUT2D eigenvalue weighted by molar-refractivity contribution is -0.130. The van der Waals surface area contributed by atoms with Crippen LogP contribution in [0, 0.1) is 0 Å². The fraction of sp³-hybridized carbons (Fsp3) is 0.500. The number of nitrogens with two attached hydrogens (primary N) is 1. The molecule has 0 radical (unpaired) electrons. The van der Waals surface area contributed by atoms with Crippen LogP contribution in [0.2, 0.25) is 0 Å². The van der Waals surface area contributed by atoms with Crippen molar-refractivity contribution in [2.45, 2.75) is 31.9 Å². The molecule has 1 saturated heterocycles. The minimum Gasteiger partial charge on any atom is -0.479 e. The van der Waals surface area contributed by atoms with Gasteiger partial charge in [-0.1, -0.05) is 12.1 Å². The number of ether oxygens (including phenoxy) is 1. The predicted octanol–water partition coefficient (Wildman–Crippen LogP) is 0.750. The lowest BCUT2D eigenvalue weighted by atomic mass is 10.1. The molecule has 1 aromatic carbocycles. The maximum absolute atomic E-state index is 12.3. The second kappa shape index (κ2) is 5.96. The third-order valence-electron chi connectivity index (χ3n) is 4.20. The summed E-state index contributed by atoms with van der Waals surface area (Å²) in [5, 5.41) is 0. The molecule has 6 nitrogen and oxygen atoms in total. The van der Waals surface area contributed by atoms with Crippen LogP contribution >= 0.6 is 0 Å². The highest BCUT2D eigenvalue weighted by Gasteiger charge is 2.32. The molecule has 0 saturated carbocycles. The highest BCUT2D eigenvalue weighted by atomic mass is 16.5. The Bertz CT molecular complexity index is 590. The van der Waals surface area contributed by atoms with E-state index in [2.05, 4.69) is 0 Å². The zero-order valence-corrected chi connectivity index (χ0v) is 12.7. The van der Waals surface area contributed by atoms with Crippen molar-refractivity contribution in [2.24, 2.45) is 5.73 Å². The first-order valence-corrected chi connectivity index (χ1v) is 7.66. The topological polar surface area (TPSA) is 75.9 Å². The molecule has 2 aliphatic rings. The molecule has 3 rings (SSSR count). The Morgan fingerprint density at radius 1 is 1.41 bits per heavy atom. The van der Waals surface area contributed by atoms with Crippen LogP contribution < -0.4 is 15.4 Å². The lowest BCUT2D eigenvalue weighted by Gasteiger charge is -2.33. The van der Waals surface area contributed by atoms with Crippen molar-refractivity contribution in [1.82, 2.24) is 4.90 Å². The Labute approximate surface area is 129 Å². The van der Waals surface area contributed by atoms with E-state index in [4.69, 9.17) is 10.5 Å². The number of amides is 2. The van der Waals surface area contributed by atoms with Crippen LogP contribution in [0.1, 0.15) is 19.8 Å². The average Bonchev–Trinajstić information content (AvgIpc) is 2.94. The van der Waals surface area contributed by atoms with Gasteiger partial charge in [0.2, 0.25) is 5.91 Å². The monoisotopic (exact) mass is 303 g/mol. The van der Waals surface area contributed by atoms with Gasteiger partial charge in [-0.05, 0) is 25.5 Å². The van der Waals surface area contributed by atoms with Crippen molar-refractivity contribution in [3.05, 3.63) is 24.3 Å². The van der Waals surface area contributed by atoms with Gasteiger partial charge in [0.05, 0.1) is 5.69 Å². The van der Waals surface area contributed by atoms with Crippen molar-refractivity contribution >= 4 is 17.5 Å². The molecule has 1 unspecified atom stereocenters. The van der Waals surface area contributed by atoms with Crippen LogP contribution in [-0.2, 0) is 9.59 Å². The molecule has 2 amide bonds. The summed E-state index contributed by atoms with van der Waals surface area (Å²) in [6, 6.07) is 7.49. The first-order chi connectivity index (χ1) is 10.6. The smallest absolute Gasteiger partial charge is 0.267 e. The molecular weight excluding hydrogens is 282 g/mol. The first kappa shape index (κ1) is 14.8. The van der Waals surface area contributed by atoms with E-state index in [1.807, 2.05) is 24.3 Å². The fourth-order valence-electron chi connectivity index (χ4n) is 2.97. The molecule has 2 atom stereocenters. The predicted molar refractivity (Wildman–Crippen MR) is 82.7 cm³/mol. The van der Waals surface area contributed by atoms with Crippen LogP contribution in [0.3, 0.4) is 0 Å². The van der Waals surface area contributed by atoms with Crippen molar-refractivity contribution in [3.63, 3.8) is 0 Å². The van der Waals surface area contributed by atoms with Crippen molar-refractivity contribution in [2.75, 3.05) is 24.5 Å². The summed E-state index contributed by atoms with van der Waals surface area (Å²) in [5.41, 5.74) is 6.56. The summed E-state index contributed by atoms with van der Waals surface area (Å²) in [6.07, 6.45) is 0.631. The van der Waals surface area contributed by atoms with E-state index < -0.39 is 6.10 Å². The number of anilines is 1. The maximum atomic E-state index is 12.3. The van der Waals surface area contributed by atoms with Gasteiger partial charge in [0.25, 0.3) is 5.91 Å².